The molecular weight excluding hydrogens is 174 g/mol. The molecule has 1 aliphatic rings. The molecule has 76 valence electrons. The first-order valence-electron chi connectivity index (χ1n) is 5.19. The van der Waals surface area contributed by atoms with Gasteiger partial charge in [0.15, 0.2) is 0 Å². The minimum absolute atomic E-state index is 0.263. The lowest BCUT2D eigenvalue weighted by Crippen LogP contribution is -2.21. The van der Waals surface area contributed by atoms with Crippen molar-refractivity contribution < 1.29 is 5.11 Å². The highest BCUT2D eigenvalue weighted by atomic mass is 16.3. The number of benzene rings is 1. The normalized spacial score (nSPS) is 20.1. The van der Waals surface area contributed by atoms with Crippen LogP contribution in [0, 0.1) is 13.8 Å². The maximum atomic E-state index is 9.33. The van der Waals surface area contributed by atoms with E-state index in [4.69, 9.17) is 0 Å². The molecule has 1 atom stereocenters. The Balaban J connectivity index is 2.55. The van der Waals surface area contributed by atoms with Gasteiger partial charge in [0, 0.05) is 18.2 Å². The molecule has 2 rings (SSSR count). The maximum Gasteiger partial charge on any atom is 0.0501 e. The van der Waals surface area contributed by atoms with E-state index in [0.717, 1.165) is 13.0 Å². The van der Waals surface area contributed by atoms with E-state index in [-0.39, 0.29) is 6.61 Å². The molecule has 0 bridgehead atoms. The second-order valence-electron chi connectivity index (χ2n) is 4.08. The van der Waals surface area contributed by atoms with Gasteiger partial charge in [-0.25, -0.2) is 0 Å². The molecule has 0 amide bonds. The Morgan fingerprint density at radius 1 is 1.36 bits per heavy atom. The predicted octanol–water partition coefficient (Wildman–Crippen LogP) is 2.19. The first kappa shape index (κ1) is 9.53. The lowest BCUT2D eigenvalue weighted by Gasteiger charge is -2.28. The molecular formula is C12H17NO. The Bertz CT molecular complexity index is 346. The van der Waals surface area contributed by atoms with Crippen molar-refractivity contribution >= 4 is 5.69 Å². The van der Waals surface area contributed by atoms with Crippen LogP contribution in [0.25, 0.3) is 0 Å². The summed E-state index contributed by atoms with van der Waals surface area (Å²) in [7, 11) is 0. The second kappa shape index (κ2) is 3.62. The van der Waals surface area contributed by atoms with Gasteiger partial charge in [-0.1, -0.05) is 12.1 Å². The van der Waals surface area contributed by atoms with Crippen molar-refractivity contribution in [2.75, 3.05) is 18.5 Å². The topological polar surface area (TPSA) is 32.3 Å². The zero-order valence-electron chi connectivity index (χ0n) is 8.80. The molecule has 1 aromatic carbocycles. The van der Waals surface area contributed by atoms with Crippen LogP contribution in [0.15, 0.2) is 12.1 Å². The van der Waals surface area contributed by atoms with Gasteiger partial charge in [-0.3, -0.25) is 0 Å². The molecule has 0 saturated carbocycles. The standard InChI is InChI=1S/C12H17NO/c1-8-3-4-9(2)12-11(8)10(7-14)5-6-13-12/h3-4,10,13-14H,5-7H2,1-2H3. The van der Waals surface area contributed by atoms with Crippen LogP contribution >= 0.6 is 0 Å². The molecule has 0 fully saturated rings. The molecule has 0 aliphatic carbocycles. The van der Waals surface area contributed by atoms with Gasteiger partial charge < -0.3 is 10.4 Å². The van der Waals surface area contributed by atoms with E-state index in [9.17, 15) is 5.11 Å². The minimum atomic E-state index is 0.263. The van der Waals surface area contributed by atoms with Crippen LogP contribution in [-0.2, 0) is 0 Å². The molecule has 1 unspecified atom stereocenters. The molecule has 2 nitrogen and oxygen atoms in total. The summed E-state index contributed by atoms with van der Waals surface area (Å²) >= 11 is 0. The van der Waals surface area contributed by atoms with Crippen molar-refractivity contribution in [3.63, 3.8) is 0 Å². The molecule has 1 heterocycles. The zero-order chi connectivity index (χ0) is 10.1. The van der Waals surface area contributed by atoms with E-state index in [1.807, 2.05) is 0 Å². The summed E-state index contributed by atoms with van der Waals surface area (Å²) in [4.78, 5) is 0. The summed E-state index contributed by atoms with van der Waals surface area (Å²) in [5.74, 6) is 0.325. The SMILES string of the molecule is Cc1ccc(C)c2c1NCCC2CO. The van der Waals surface area contributed by atoms with Crippen LogP contribution in [0.3, 0.4) is 0 Å². The third-order valence-electron chi connectivity index (χ3n) is 3.10. The monoisotopic (exact) mass is 191 g/mol. The zero-order valence-corrected chi connectivity index (χ0v) is 8.80. The van der Waals surface area contributed by atoms with E-state index in [1.54, 1.807) is 0 Å². The summed E-state index contributed by atoms with van der Waals surface area (Å²) in [6.45, 7) is 5.47. The molecule has 0 spiro atoms. The number of anilines is 1. The average Bonchev–Trinajstić information content (AvgIpc) is 2.23. The minimum Gasteiger partial charge on any atom is -0.396 e. The highest BCUT2D eigenvalue weighted by Gasteiger charge is 2.22. The Hall–Kier alpha value is -1.02. The molecule has 2 N–H and O–H groups in total. The van der Waals surface area contributed by atoms with E-state index < -0.39 is 0 Å². The Labute approximate surface area is 85.0 Å². The summed E-state index contributed by atoms with van der Waals surface area (Å²) in [6, 6.07) is 4.28. The van der Waals surface area contributed by atoms with Gasteiger partial charge in [-0.2, -0.15) is 0 Å². The van der Waals surface area contributed by atoms with Crippen LogP contribution in [0.2, 0.25) is 0 Å². The van der Waals surface area contributed by atoms with Crippen LogP contribution < -0.4 is 5.32 Å². The highest BCUT2D eigenvalue weighted by Crippen LogP contribution is 2.35. The lowest BCUT2D eigenvalue weighted by molar-refractivity contribution is 0.259. The number of aliphatic hydroxyl groups is 1. The molecule has 0 radical (unpaired) electrons. The van der Waals surface area contributed by atoms with Gasteiger partial charge in [0.25, 0.3) is 0 Å². The van der Waals surface area contributed by atoms with Gasteiger partial charge in [-0.05, 0) is 37.0 Å². The maximum absolute atomic E-state index is 9.33. The number of nitrogens with one attached hydrogen (secondary N) is 1. The van der Waals surface area contributed by atoms with Gasteiger partial charge in [-0.15, -0.1) is 0 Å². The Morgan fingerprint density at radius 3 is 2.79 bits per heavy atom. The Morgan fingerprint density at radius 2 is 2.07 bits per heavy atom. The quantitative estimate of drug-likeness (QED) is 0.713. The fourth-order valence-electron chi connectivity index (χ4n) is 2.29. The van der Waals surface area contributed by atoms with Crippen molar-refractivity contribution in [1.29, 1.82) is 0 Å². The smallest absolute Gasteiger partial charge is 0.0501 e. The number of aryl methyl sites for hydroxylation is 2. The second-order valence-corrected chi connectivity index (χ2v) is 4.08. The van der Waals surface area contributed by atoms with Crippen LogP contribution in [0.5, 0.6) is 0 Å². The molecule has 14 heavy (non-hydrogen) atoms. The average molecular weight is 191 g/mol. The van der Waals surface area contributed by atoms with Gasteiger partial charge >= 0.3 is 0 Å². The van der Waals surface area contributed by atoms with Crippen LogP contribution in [0.1, 0.15) is 29.0 Å². The molecule has 2 heteroatoms. The lowest BCUT2D eigenvalue weighted by atomic mass is 9.86. The molecule has 1 aliphatic heterocycles. The van der Waals surface area contributed by atoms with E-state index >= 15 is 0 Å². The molecule has 1 aromatic rings. The van der Waals surface area contributed by atoms with E-state index in [0.29, 0.717) is 5.92 Å². The Kier molecular flexibility index (Phi) is 2.46. The summed E-state index contributed by atoms with van der Waals surface area (Å²) < 4.78 is 0. The third kappa shape index (κ3) is 1.40. The van der Waals surface area contributed by atoms with Crippen molar-refractivity contribution in [2.45, 2.75) is 26.2 Å². The third-order valence-corrected chi connectivity index (χ3v) is 3.10. The van der Waals surface area contributed by atoms with Crippen molar-refractivity contribution in [3.05, 3.63) is 28.8 Å². The number of hydrogen-bond acceptors (Lipinski definition) is 2. The van der Waals surface area contributed by atoms with Gasteiger partial charge in [0.05, 0.1) is 6.61 Å². The first-order valence-corrected chi connectivity index (χ1v) is 5.19. The van der Waals surface area contributed by atoms with E-state index in [2.05, 4.69) is 31.3 Å². The highest BCUT2D eigenvalue weighted by molar-refractivity contribution is 5.62. The summed E-state index contributed by atoms with van der Waals surface area (Å²) in [5.41, 5.74) is 5.13. The predicted molar refractivity (Wildman–Crippen MR) is 58.8 cm³/mol. The number of hydrogen-bond donors (Lipinski definition) is 2. The van der Waals surface area contributed by atoms with Crippen LogP contribution in [-0.4, -0.2) is 18.3 Å². The van der Waals surface area contributed by atoms with Gasteiger partial charge in [0.2, 0.25) is 0 Å². The number of rotatable bonds is 1. The number of fused-ring (bicyclic) bond motifs is 1. The largest absolute Gasteiger partial charge is 0.396 e. The summed E-state index contributed by atoms with van der Waals surface area (Å²) in [5, 5.41) is 12.8. The molecule has 0 aromatic heterocycles. The fourth-order valence-corrected chi connectivity index (χ4v) is 2.29. The summed E-state index contributed by atoms with van der Waals surface area (Å²) in [6.07, 6.45) is 1.04. The van der Waals surface area contributed by atoms with Crippen molar-refractivity contribution in [3.8, 4) is 0 Å². The molecule has 0 saturated heterocycles. The number of aliphatic hydroxyl groups excluding tert-OH is 1. The van der Waals surface area contributed by atoms with Crippen molar-refractivity contribution in [1.82, 2.24) is 0 Å². The van der Waals surface area contributed by atoms with Crippen LogP contribution in [0.4, 0.5) is 5.69 Å². The van der Waals surface area contributed by atoms with E-state index in [1.165, 1.54) is 22.4 Å². The van der Waals surface area contributed by atoms with Crippen molar-refractivity contribution in [2.24, 2.45) is 0 Å². The first-order chi connectivity index (χ1) is 6.74. The van der Waals surface area contributed by atoms with Gasteiger partial charge in [0.1, 0.15) is 0 Å². The fraction of sp³-hybridized carbons (Fsp3) is 0.500.